The molecule has 15 heavy (non-hydrogen) atoms. The second-order valence-electron chi connectivity index (χ2n) is 3.96. The van der Waals surface area contributed by atoms with Crippen molar-refractivity contribution in [3.05, 3.63) is 11.8 Å². The SMILES string of the molecule is CC(=O)N1CCCC(c2nnc(C)o2)C1. The van der Waals surface area contributed by atoms with Gasteiger partial charge in [0.15, 0.2) is 0 Å². The monoisotopic (exact) mass is 209 g/mol. The summed E-state index contributed by atoms with van der Waals surface area (Å²) in [6.07, 6.45) is 2.02. The Bertz CT molecular complexity index is 361. The van der Waals surface area contributed by atoms with Gasteiger partial charge in [-0.2, -0.15) is 0 Å². The molecule has 0 saturated carbocycles. The van der Waals surface area contributed by atoms with E-state index in [9.17, 15) is 4.79 Å². The third kappa shape index (κ3) is 2.16. The molecule has 1 amide bonds. The number of aromatic nitrogens is 2. The van der Waals surface area contributed by atoms with E-state index in [4.69, 9.17) is 4.42 Å². The van der Waals surface area contributed by atoms with Crippen molar-refractivity contribution in [3.8, 4) is 0 Å². The second-order valence-corrected chi connectivity index (χ2v) is 3.96. The van der Waals surface area contributed by atoms with Crippen LogP contribution < -0.4 is 0 Å². The van der Waals surface area contributed by atoms with Crippen molar-refractivity contribution in [2.75, 3.05) is 13.1 Å². The third-order valence-electron chi connectivity index (χ3n) is 2.76. The maximum Gasteiger partial charge on any atom is 0.221 e. The number of amides is 1. The van der Waals surface area contributed by atoms with Gasteiger partial charge < -0.3 is 9.32 Å². The van der Waals surface area contributed by atoms with Gasteiger partial charge in [0.1, 0.15) is 0 Å². The Morgan fingerprint density at radius 2 is 2.33 bits per heavy atom. The number of aryl methyl sites for hydroxylation is 1. The number of nitrogens with zero attached hydrogens (tertiary/aromatic N) is 3. The quantitative estimate of drug-likeness (QED) is 0.695. The molecule has 2 rings (SSSR count). The smallest absolute Gasteiger partial charge is 0.221 e. The molecule has 1 aliphatic heterocycles. The van der Waals surface area contributed by atoms with Crippen LogP contribution in [-0.2, 0) is 4.79 Å². The Hall–Kier alpha value is -1.39. The average molecular weight is 209 g/mol. The van der Waals surface area contributed by atoms with Crippen molar-refractivity contribution in [3.63, 3.8) is 0 Å². The van der Waals surface area contributed by atoms with Crippen LogP contribution in [-0.4, -0.2) is 34.1 Å². The molecule has 82 valence electrons. The molecule has 1 atom stereocenters. The molecule has 1 aromatic heterocycles. The molecule has 0 bridgehead atoms. The topological polar surface area (TPSA) is 59.2 Å². The van der Waals surface area contributed by atoms with Gasteiger partial charge in [0, 0.05) is 26.9 Å². The zero-order valence-electron chi connectivity index (χ0n) is 9.06. The lowest BCUT2D eigenvalue weighted by Gasteiger charge is -2.30. The molecule has 0 aromatic carbocycles. The molecule has 0 spiro atoms. The molecule has 0 radical (unpaired) electrons. The van der Waals surface area contributed by atoms with Crippen LogP contribution in [0.25, 0.3) is 0 Å². The predicted molar refractivity (Wildman–Crippen MR) is 53.3 cm³/mol. The minimum atomic E-state index is 0.121. The Morgan fingerprint density at radius 1 is 1.53 bits per heavy atom. The van der Waals surface area contributed by atoms with E-state index in [2.05, 4.69) is 10.2 Å². The van der Waals surface area contributed by atoms with E-state index >= 15 is 0 Å². The highest BCUT2D eigenvalue weighted by Gasteiger charge is 2.26. The Kier molecular flexibility index (Phi) is 2.70. The lowest BCUT2D eigenvalue weighted by molar-refractivity contribution is -0.130. The van der Waals surface area contributed by atoms with E-state index in [0.29, 0.717) is 18.3 Å². The maximum atomic E-state index is 11.2. The van der Waals surface area contributed by atoms with E-state index in [1.54, 1.807) is 13.8 Å². The normalized spacial score (nSPS) is 21.7. The average Bonchev–Trinajstić information content (AvgIpc) is 2.65. The zero-order chi connectivity index (χ0) is 10.8. The minimum Gasteiger partial charge on any atom is -0.425 e. The van der Waals surface area contributed by atoms with Gasteiger partial charge in [-0.3, -0.25) is 4.79 Å². The number of hydrogen-bond acceptors (Lipinski definition) is 4. The van der Waals surface area contributed by atoms with E-state index in [-0.39, 0.29) is 11.8 Å². The summed E-state index contributed by atoms with van der Waals surface area (Å²) in [5, 5.41) is 7.82. The fourth-order valence-electron chi connectivity index (χ4n) is 1.94. The van der Waals surface area contributed by atoms with Crippen molar-refractivity contribution >= 4 is 5.91 Å². The van der Waals surface area contributed by atoms with Gasteiger partial charge in [0.2, 0.25) is 17.7 Å². The number of piperidine rings is 1. The Labute approximate surface area is 88.5 Å². The van der Waals surface area contributed by atoms with Crippen LogP contribution in [0.3, 0.4) is 0 Å². The van der Waals surface area contributed by atoms with Crippen LogP contribution in [0.4, 0.5) is 0 Å². The minimum absolute atomic E-state index is 0.121. The van der Waals surface area contributed by atoms with Crippen LogP contribution in [0, 0.1) is 6.92 Å². The van der Waals surface area contributed by atoms with Gasteiger partial charge in [0.05, 0.1) is 5.92 Å². The summed E-state index contributed by atoms with van der Waals surface area (Å²) >= 11 is 0. The van der Waals surface area contributed by atoms with Crippen molar-refractivity contribution in [1.82, 2.24) is 15.1 Å². The lowest BCUT2D eigenvalue weighted by atomic mass is 9.98. The van der Waals surface area contributed by atoms with Gasteiger partial charge in [-0.05, 0) is 12.8 Å². The number of hydrogen-bond donors (Lipinski definition) is 0. The van der Waals surface area contributed by atoms with Crippen LogP contribution in [0.1, 0.15) is 37.5 Å². The molecular weight excluding hydrogens is 194 g/mol. The lowest BCUT2D eigenvalue weighted by Crippen LogP contribution is -2.37. The van der Waals surface area contributed by atoms with Crippen molar-refractivity contribution in [2.24, 2.45) is 0 Å². The van der Waals surface area contributed by atoms with Gasteiger partial charge in [-0.1, -0.05) is 0 Å². The summed E-state index contributed by atoms with van der Waals surface area (Å²) in [6, 6.07) is 0. The van der Waals surface area contributed by atoms with Crippen LogP contribution >= 0.6 is 0 Å². The van der Waals surface area contributed by atoms with E-state index in [1.165, 1.54) is 0 Å². The standard InChI is InChI=1S/C10H15N3O2/c1-7-11-12-10(15-7)9-4-3-5-13(6-9)8(2)14/h9H,3-6H2,1-2H3. The second kappa shape index (κ2) is 4.00. The summed E-state index contributed by atoms with van der Waals surface area (Å²) in [5.41, 5.74) is 0. The summed E-state index contributed by atoms with van der Waals surface area (Å²) in [4.78, 5) is 13.1. The van der Waals surface area contributed by atoms with Gasteiger partial charge in [-0.25, -0.2) is 0 Å². The fourth-order valence-corrected chi connectivity index (χ4v) is 1.94. The number of carbonyl (C=O) groups excluding carboxylic acids is 1. The largest absolute Gasteiger partial charge is 0.425 e. The summed E-state index contributed by atoms with van der Waals surface area (Å²) in [5.74, 6) is 1.59. The zero-order valence-corrected chi connectivity index (χ0v) is 9.06. The Balaban J connectivity index is 2.07. The molecule has 5 nitrogen and oxygen atoms in total. The predicted octanol–water partition coefficient (Wildman–Crippen LogP) is 1.10. The van der Waals surface area contributed by atoms with Crippen molar-refractivity contribution in [2.45, 2.75) is 32.6 Å². The highest BCUT2D eigenvalue weighted by atomic mass is 16.4. The molecule has 0 N–H and O–H groups in total. The van der Waals surface area contributed by atoms with Crippen molar-refractivity contribution < 1.29 is 9.21 Å². The van der Waals surface area contributed by atoms with E-state index in [1.807, 2.05) is 4.90 Å². The highest BCUT2D eigenvalue weighted by molar-refractivity contribution is 5.73. The first-order chi connectivity index (χ1) is 7.16. The third-order valence-corrected chi connectivity index (χ3v) is 2.76. The summed E-state index contributed by atoms with van der Waals surface area (Å²) < 4.78 is 5.39. The number of rotatable bonds is 1. The van der Waals surface area contributed by atoms with Gasteiger partial charge >= 0.3 is 0 Å². The molecule has 1 aliphatic rings. The Morgan fingerprint density at radius 3 is 2.93 bits per heavy atom. The first kappa shape index (κ1) is 10.1. The van der Waals surface area contributed by atoms with Crippen molar-refractivity contribution in [1.29, 1.82) is 0 Å². The summed E-state index contributed by atoms with van der Waals surface area (Å²) in [6.45, 7) is 4.93. The molecule has 1 fully saturated rings. The molecule has 0 aliphatic carbocycles. The number of likely N-dealkylation sites (tertiary alicyclic amines) is 1. The van der Waals surface area contributed by atoms with Gasteiger partial charge in [-0.15, -0.1) is 10.2 Å². The van der Waals surface area contributed by atoms with Gasteiger partial charge in [0.25, 0.3) is 0 Å². The molecule has 1 unspecified atom stereocenters. The maximum absolute atomic E-state index is 11.2. The first-order valence-electron chi connectivity index (χ1n) is 5.22. The van der Waals surface area contributed by atoms with E-state index < -0.39 is 0 Å². The number of carbonyl (C=O) groups is 1. The first-order valence-corrected chi connectivity index (χ1v) is 5.22. The van der Waals surface area contributed by atoms with Crippen LogP contribution in [0.15, 0.2) is 4.42 Å². The summed E-state index contributed by atoms with van der Waals surface area (Å²) in [7, 11) is 0. The molecule has 2 heterocycles. The highest BCUT2D eigenvalue weighted by Crippen LogP contribution is 2.25. The van der Waals surface area contributed by atoms with Crippen LogP contribution in [0.5, 0.6) is 0 Å². The molecule has 1 saturated heterocycles. The fraction of sp³-hybridized carbons (Fsp3) is 0.700. The van der Waals surface area contributed by atoms with E-state index in [0.717, 1.165) is 19.4 Å². The molecule has 1 aromatic rings. The molecular formula is C10H15N3O2. The molecule has 5 heteroatoms. The van der Waals surface area contributed by atoms with Crippen LogP contribution in [0.2, 0.25) is 0 Å².